The van der Waals surface area contributed by atoms with Crippen LogP contribution in [0, 0.1) is 11.2 Å². The van der Waals surface area contributed by atoms with E-state index in [0.717, 1.165) is 6.42 Å². The van der Waals surface area contributed by atoms with Gasteiger partial charge in [0.2, 0.25) is 0 Å². The van der Waals surface area contributed by atoms with E-state index >= 15 is 4.39 Å². The first-order chi connectivity index (χ1) is 16.5. The fraction of sp³-hybridized carbons (Fsp3) is 0.423. The summed E-state index contributed by atoms with van der Waals surface area (Å²) in [7, 11) is 1.35. The van der Waals surface area contributed by atoms with Gasteiger partial charge in [-0.05, 0) is 41.7 Å². The highest BCUT2D eigenvalue weighted by Gasteiger charge is 2.33. The number of methoxy groups -OCH3 is 1. The van der Waals surface area contributed by atoms with Gasteiger partial charge in [-0.1, -0.05) is 27.7 Å². The van der Waals surface area contributed by atoms with Gasteiger partial charge in [0, 0.05) is 17.7 Å². The van der Waals surface area contributed by atoms with Gasteiger partial charge in [0.25, 0.3) is 0 Å². The van der Waals surface area contributed by atoms with Gasteiger partial charge in [-0.15, -0.1) is 0 Å². The van der Waals surface area contributed by atoms with Crippen molar-refractivity contribution in [3.05, 3.63) is 52.3 Å². The number of carbonyl (C=O) groups excluding carboxylic acids is 1. The molecule has 0 spiro atoms. The van der Waals surface area contributed by atoms with Gasteiger partial charge in [-0.3, -0.25) is 10.2 Å². The molecular weight excluding hydrogens is 455 g/mol. The minimum atomic E-state index is -1.09. The smallest absolute Gasteiger partial charge is 0.341 e. The molecule has 1 aliphatic rings. The van der Waals surface area contributed by atoms with E-state index in [1.165, 1.54) is 12.0 Å². The van der Waals surface area contributed by atoms with Gasteiger partial charge in [0.05, 0.1) is 25.8 Å². The molecule has 0 bridgehead atoms. The summed E-state index contributed by atoms with van der Waals surface area (Å²) in [4.78, 5) is 25.6. The summed E-state index contributed by atoms with van der Waals surface area (Å²) in [5.74, 6) is -1.50. The molecular formula is C26H31FN2O6. The maximum Gasteiger partial charge on any atom is 0.341 e. The topological polar surface area (TPSA) is 109 Å². The average molecular weight is 487 g/mol. The minimum Gasteiger partial charge on any atom is -0.490 e. The summed E-state index contributed by atoms with van der Waals surface area (Å²) >= 11 is 0. The Morgan fingerprint density at radius 2 is 1.89 bits per heavy atom. The number of aliphatic carboxylic acids is 1. The van der Waals surface area contributed by atoms with Crippen LogP contribution >= 0.6 is 0 Å². The number of ketones is 1. The molecule has 0 saturated carbocycles. The van der Waals surface area contributed by atoms with Gasteiger partial charge >= 0.3 is 5.97 Å². The number of amidine groups is 1. The second-order valence-corrected chi connectivity index (χ2v) is 9.38. The van der Waals surface area contributed by atoms with E-state index in [-0.39, 0.29) is 41.8 Å². The summed E-state index contributed by atoms with van der Waals surface area (Å²) in [5.41, 5.74) is 1.34. The third kappa shape index (κ3) is 5.55. The second-order valence-electron chi connectivity index (χ2n) is 9.38. The highest BCUT2D eigenvalue weighted by molar-refractivity contribution is 6.06. The van der Waals surface area contributed by atoms with Crippen molar-refractivity contribution in [1.82, 2.24) is 4.90 Å². The van der Waals surface area contributed by atoms with Gasteiger partial charge in [-0.2, -0.15) is 0 Å². The van der Waals surface area contributed by atoms with Crippen LogP contribution in [0.2, 0.25) is 0 Å². The number of carbonyl (C=O) groups is 2. The van der Waals surface area contributed by atoms with Crippen LogP contribution in [0.3, 0.4) is 0 Å². The number of carboxylic acid groups (broad SMARTS) is 1. The van der Waals surface area contributed by atoms with Crippen molar-refractivity contribution in [2.24, 2.45) is 0 Å². The predicted octanol–water partition coefficient (Wildman–Crippen LogP) is 4.41. The fourth-order valence-electron chi connectivity index (χ4n) is 3.95. The van der Waals surface area contributed by atoms with Crippen LogP contribution in [0.25, 0.3) is 0 Å². The van der Waals surface area contributed by atoms with Crippen molar-refractivity contribution >= 4 is 17.6 Å². The number of rotatable bonds is 10. The number of halogens is 1. The van der Waals surface area contributed by atoms with E-state index < -0.39 is 23.8 Å². The van der Waals surface area contributed by atoms with Crippen LogP contribution in [-0.4, -0.2) is 54.5 Å². The van der Waals surface area contributed by atoms with E-state index in [1.807, 2.05) is 27.7 Å². The van der Waals surface area contributed by atoms with E-state index in [2.05, 4.69) is 0 Å². The van der Waals surface area contributed by atoms with E-state index in [0.29, 0.717) is 29.0 Å². The Morgan fingerprint density at radius 1 is 1.17 bits per heavy atom. The Hall–Kier alpha value is -3.62. The van der Waals surface area contributed by atoms with Gasteiger partial charge in [0.15, 0.2) is 29.7 Å². The molecule has 9 heteroatoms. The molecule has 35 heavy (non-hydrogen) atoms. The SMILES string of the molecule is CCCOc1cc2c(c(F)c1OC)C(=N)N(CC(=O)c1ccc(OCC(=O)O)c(C(C)(C)C)c1)C2. The number of nitrogens with one attached hydrogen (secondary N) is 1. The molecule has 2 aromatic rings. The molecule has 2 aromatic carbocycles. The first-order valence-corrected chi connectivity index (χ1v) is 11.4. The lowest BCUT2D eigenvalue weighted by molar-refractivity contribution is -0.139. The average Bonchev–Trinajstić information content (AvgIpc) is 3.10. The molecule has 8 nitrogen and oxygen atoms in total. The lowest BCUT2D eigenvalue weighted by Crippen LogP contribution is -2.30. The molecule has 0 radical (unpaired) electrons. The zero-order valence-corrected chi connectivity index (χ0v) is 20.7. The molecule has 2 N–H and O–H groups in total. The molecule has 0 fully saturated rings. The standard InChI is InChI=1S/C26H31FN2O6/c1-6-9-34-20-11-16-12-29(25(28)22(16)23(27)24(20)33-5)13-18(30)15-7-8-19(35-14-21(31)32)17(10-15)26(2,3)4/h7-8,10-11,28H,6,9,12-14H2,1-5H3,(H,31,32). The normalized spacial score (nSPS) is 13.0. The van der Waals surface area contributed by atoms with Crippen molar-refractivity contribution < 1.29 is 33.3 Å². The van der Waals surface area contributed by atoms with Crippen molar-refractivity contribution in [2.45, 2.75) is 46.1 Å². The summed E-state index contributed by atoms with van der Waals surface area (Å²) in [6, 6.07) is 6.51. The molecule has 0 aliphatic carbocycles. The minimum absolute atomic E-state index is 0.0538. The van der Waals surface area contributed by atoms with Crippen LogP contribution in [0.15, 0.2) is 24.3 Å². The van der Waals surface area contributed by atoms with Crippen molar-refractivity contribution in [3.63, 3.8) is 0 Å². The monoisotopic (exact) mass is 486 g/mol. The summed E-state index contributed by atoms with van der Waals surface area (Å²) in [5, 5.41) is 17.4. The molecule has 1 heterocycles. The summed E-state index contributed by atoms with van der Waals surface area (Å²) < 4.78 is 31.4. The Kier molecular flexibility index (Phi) is 7.67. The van der Waals surface area contributed by atoms with E-state index in [4.69, 9.17) is 24.7 Å². The number of benzene rings is 2. The van der Waals surface area contributed by atoms with Gasteiger partial charge in [-0.25, -0.2) is 9.18 Å². The lowest BCUT2D eigenvalue weighted by atomic mass is 9.85. The molecule has 0 unspecified atom stereocenters. The third-order valence-corrected chi connectivity index (χ3v) is 5.64. The van der Waals surface area contributed by atoms with Crippen molar-refractivity contribution in [1.29, 1.82) is 5.41 Å². The number of Topliss-reactive ketones (excluding diaryl/α,β-unsaturated/α-hetero) is 1. The molecule has 3 rings (SSSR count). The largest absolute Gasteiger partial charge is 0.490 e. The van der Waals surface area contributed by atoms with Crippen LogP contribution in [0.5, 0.6) is 17.2 Å². The Bertz CT molecular complexity index is 1160. The number of nitrogens with zero attached hydrogens (tertiary/aromatic N) is 1. The number of fused-ring (bicyclic) bond motifs is 1. The van der Waals surface area contributed by atoms with Gasteiger partial charge < -0.3 is 24.2 Å². The predicted molar refractivity (Wildman–Crippen MR) is 129 cm³/mol. The number of carboxylic acids is 1. The number of hydrogen-bond acceptors (Lipinski definition) is 6. The van der Waals surface area contributed by atoms with Crippen LogP contribution < -0.4 is 14.2 Å². The number of hydrogen-bond donors (Lipinski definition) is 2. The Labute approximate surface area is 204 Å². The third-order valence-electron chi connectivity index (χ3n) is 5.64. The highest BCUT2D eigenvalue weighted by atomic mass is 19.1. The fourth-order valence-corrected chi connectivity index (χ4v) is 3.95. The molecule has 0 atom stereocenters. The first-order valence-electron chi connectivity index (χ1n) is 11.4. The van der Waals surface area contributed by atoms with Crippen molar-refractivity contribution in [2.75, 3.05) is 26.9 Å². The highest BCUT2D eigenvalue weighted by Crippen LogP contribution is 2.39. The summed E-state index contributed by atoms with van der Waals surface area (Å²) in [6.45, 7) is 7.72. The van der Waals surface area contributed by atoms with Crippen LogP contribution in [0.1, 0.15) is 61.2 Å². The van der Waals surface area contributed by atoms with E-state index in [9.17, 15) is 9.59 Å². The zero-order valence-electron chi connectivity index (χ0n) is 20.7. The quantitative estimate of drug-likeness (QED) is 0.479. The second kappa shape index (κ2) is 10.3. The summed E-state index contributed by atoms with van der Waals surface area (Å²) in [6.07, 6.45) is 0.745. The van der Waals surface area contributed by atoms with Crippen LogP contribution in [-0.2, 0) is 16.8 Å². The molecule has 188 valence electrons. The molecule has 0 aromatic heterocycles. The lowest BCUT2D eigenvalue weighted by Gasteiger charge is -2.24. The first kappa shape index (κ1) is 26.0. The molecule has 0 amide bonds. The number of ether oxygens (including phenoxy) is 3. The van der Waals surface area contributed by atoms with Gasteiger partial charge in [0.1, 0.15) is 11.6 Å². The maximum atomic E-state index is 15.2. The van der Waals surface area contributed by atoms with E-state index in [1.54, 1.807) is 24.3 Å². The zero-order chi connectivity index (χ0) is 25.9. The maximum absolute atomic E-state index is 15.2. The Balaban J connectivity index is 1.85. The van der Waals surface area contributed by atoms with Crippen molar-refractivity contribution in [3.8, 4) is 17.2 Å². The molecule has 0 saturated heterocycles. The molecule has 1 aliphatic heterocycles. The van der Waals surface area contributed by atoms with Crippen LogP contribution in [0.4, 0.5) is 4.39 Å². The Morgan fingerprint density at radius 3 is 2.49 bits per heavy atom.